The van der Waals surface area contributed by atoms with E-state index in [1.54, 1.807) is 30.8 Å². The van der Waals surface area contributed by atoms with Crippen LogP contribution in [0.4, 0.5) is 5.95 Å². The SMILES string of the molecule is O=C(c1ccco1)N1C[C@@H]2CN(c3ncccn3)C[C@@H]2C1. The summed E-state index contributed by atoms with van der Waals surface area (Å²) in [6.45, 7) is 3.40. The molecule has 4 heterocycles. The second-order valence-corrected chi connectivity index (χ2v) is 5.66. The van der Waals surface area contributed by atoms with Crippen molar-refractivity contribution in [3.63, 3.8) is 0 Å². The first-order valence-corrected chi connectivity index (χ1v) is 7.16. The van der Waals surface area contributed by atoms with Crippen LogP contribution in [0.2, 0.25) is 0 Å². The highest BCUT2D eigenvalue weighted by molar-refractivity contribution is 5.91. The Morgan fingerprint density at radius 2 is 1.81 bits per heavy atom. The van der Waals surface area contributed by atoms with E-state index in [-0.39, 0.29) is 5.91 Å². The van der Waals surface area contributed by atoms with E-state index in [9.17, 15) is 4.79 Å². The fourth-order valence-electron chi connectivity index (χ4n) is 3.33. The first kappa shape index (κ1) is 12.4. The van der Waals surface area contributed by atoms with Crippen LogP contribution in [-0.2, 0) is 0 Å². The van der Waals surface area contributed by atoms with E-state index in [0.29, 0.717) is 17.6 Å². The number of likely N-dealkylation sites (tertiary alicyclic amines) is 1. The molecule has 0 spiro atoms. The van der Waals surface area contributed by atoms with Crippen LogP contribution in [0, 0.1) is 11.8 Å². The lowest BCUT2D eigenvalue weighted by atomic mass is 10.0. The third-order valence-corrected chi connectivity index (χ3v) is 4.34. The number of nitrogens with zero attached hydrogens (tertiary/aromatic N) is 4. The molecule has 0 aromatic carbocycles. The molecule has 21 heavy (non-hydrogen) atoms. The third kappa shape index (κ3) is 2.16. The van der Waals surface area contributed by atoms with Crippen molar-refractivity contribution in [2.24, 2.45) is 11.8 Å². The van der Waals surface area contributed by atoms with Crippen molar-refractivity contribution in [2.45, 2.75) is 0 Å². The molecule has 2 atom stereocenters. The summed E-state index contributed by atoms with van der Waals surface area (Å²) in [7, 11) is 0. The van der Waals surface area contributed by atoms with Crippen molar-refractivity contribution >= 4 is 11.9 Å². The Labute approximate surface area is 122 Å². The first-order valence-electron chi connectivity index (χ1n) is 7.16. The number of aromatic nitrogens is 2. The van der Waals surface area contributed by atoms with E-state index < -0.39 is 0 Å². The van der Waals surface area contributed by atoms with Gasteiger partial charge in [0.2, 0.25) is 5.95 Å². The first-order chi connectivity index (χ1) is 10.3. The minimum Gasteiger partial charge on any atom is -0.459 e. The van der Waals surface area contributed by atoms with Gasteiger partial charge in [0.25, 0.3) is 5.91 Å². The average molecular weight is 284 g/mol. The summed E-state index contributed by atoms with van der Waals surface area (Å²) < 4.78 is 5.20. The van der Waals surface area contributed by atoms with Gasteiger partial charge in [0.1, 0.15) is 0 Å². The predicted octanol–water partition coefficient (Wildman–Crippen LogP) is 1.28. The number of hydrogen-bond acceptors (Lipinski definition) is 5. The Kier molecular flexibility index (Phi) is 2.87. The van der Waals surface area contributed by atoms with Crippen LogP contribution in [0.15, 0.2) is 41.3 Å². The number of carbonyl (C=O) groups excluding carboxylic acids is 1. The topological polar surface area (TPSA) is 62.5 Å². The van der Waals surface area contributed by atoms with E-state index >= 15 is 0 Å². The van der Waals surface area contributed by atoms with Gasteiger partial charge in [0.15, 0.2) is 5.76 Å². The van der Waals surface area contributed by atoms with Crippen LogP contribution < -0.4 is 4.90 Å². The molecule has 0 aliphatic carbocycles. The zero-order valence-electron chi connectivity index (χ0n) is 11.6. The second kappa shape index (κ2) is 4.87. The molecule has 2 aliphatic rings. The summed E-state index contributed by atoms with van der Waals surface area (Å²) in [5, 5.41) is 0. The molecule has 2 saturated heterocycles. The van der Waals surface area contributed by atoms with Crippen molar-refractivity contribution < 1.29 is 9.21 Å². The number of fused-ring (bicyclic) bond motifs is 1. The van der Waals surface area contributed by atoms with Gasteiger partial charge in [-0.05, 0) is 18.2 Å². The maximum Gasteiger partial charge on any atom is 0.289 e. The average Bonchev–Trinajstić information content (AvgIpc) is 3.23. The largest absolute Gasteiger partial charge is 0.459 e. The standard InChI is InChI=1S/C15H16N4O2/c20-14(13-3-1-6-21-13)18-7-11-9-19(10-12(11)8-18)15-16-4-2-5-17-15/h1-6,11-12H,7-10H2/t11-,12+. The van der Waals surface area contributed by atoms with Crippen LogP contribution in [0.25, 0.3) is 0 Å². The molecule has 6 nitrogen and oxygen atoms in total. The van der Waals surface area contributed by atoms with Crippen LogP contribution in [0.1, 0.15) is 10.6 Å². The molecule has 0 N–H and O–H groups in total. The monoisotopic (exact) mass is 284 g/mol. The highest BCUT2D eigenvalue weighted by Crippen LogP contribution is 2.33. The fraction of sp³-hybridized carbons (Fsp3) is 0.400. The smallest absolute Gasteiger partial charge is 0.289 e. The number of rotatable bonds is 2. The van der Waals surface area contributed by atoms with E-state index in [1.807, 2.05) is 11.0 Å². The molecule has 0 unspecified atom stereocenters. The summed E-state index contributed by atoms with van der Waals surface area (Å²) in [6.07, 6.45) is 5.07. The molecule has 4 rings (SSSR count). The molecule has 2 aromatic rings. The Morgan fingerprint density at radius 3 is 2.43 bits per heavy atom. The lowest BCUT2D eigenvalue weighted by molar-refractivity contribution is 0.0751. The number of furan rings is 1. The molecule has 2 aromatic heterocycles. The minimum atomic E-state index is -0.00286. The van der Waals surface area contributed by atoms with Gasteiger partial charge in [-0.25, -0.2) is 9.97 Å². The summed E-state index contributed by atoms with van der Waals surface area (Å²) in [5.74, 6) is 2.20. The molecule has 1 amide bonds. The molecular weight excluding hydrogens is 268 g/mol. The second-order valence-electron chi connectivity index (χ2n) is 5.66. The summed E-state index contributed by atoms with van der Waals surface area (Å²) in [5.41, 5.74) is 0. The molecule has 2 fully saturated rings. The zero-order valence-corrected chi connectivity index (χ0v) is 11.6. The van der Waals surface area contributed by atoms with Crippen molar-refractivity contribution in [3.8, 4) is 0 Å². The van der Waals surface area contributed by atoms with Crippen molar-refractivity contribution in [1.29, 1.82) is 0 Å². The molecule has 0 saturated carbocycles. The van der Waals surface area contributed by atoms with Crippen molar-refractivity contribution in [1.82, 2.24) is 14.9 Å². The van der Waals surface area contributed by atoms with E-state index in [2.05, 4.69) is 14.9 Å². The molecule has 6 heteroatoms. The number of anilines is 1. The van der Waals surface area contributed by atoms with Gasteiger partial charge in [0, 0.05) is 50.4 Å². The van der Waals surface area contributed by atoms with Gasteiger partial charge in [-0.15, -0.1) is 0 Å². The highest BCUT2D eigenvalue weighted by Gasteiger charge is 2.42. The normalized spacial score (nSPS) is 24.4. The number of carbonyl (C=O) groups is 1. The number of amides is 1. The van der Waals surface area contributed by atoms with Crippen LogP contribution >= 0.6 is 0 Å². The minimum absolute atomic E-state index is 0.00286. The maximum absolute atomic E-state index is 12.3. The van der Waals surface area contributed by atoms with Crippen LogP contribution in [0.5, 0.6) is 0 Å². The van der Waals surface area contributed by atoms with Crippen molar-refractivity contribution in [3.05, 3.63) is 42.6 Å². The molecule has 108 valence electrons. The summed E-state index contributed by atoms with van der Waals surface area (Å²) in [6, 6.07) is 5.29. The van der Waals surface area contributed by atoms with Crippen LogP contribution in [0.3, 0.4) is 0 Å². The van der Waals surface area contributed by atoms with Crippen molar-refractivity contribution in [2.75, 3.05) is 31.1 Å². The molecule has 0 radical (unpaired) electrons. The number of hydrogen-bond donors (Lipinski definition) is 0. The highest BCUT2D eigenvalue weighted by atomic mass is 16.3. The van der Waals surface area contributed by atoms with Gasteiger partial charge in [-0.3, -0.25) is 4.79 Å². The molecule has 2 aliphatic heterocycles. The lowest BCUT2D eigenvalue weighted by Gasteiger charge is -2.20. The maximum atomic E-state index is 12.3. The Morgan fingerprint density at radius 1 is 1.10 bits per heavy atom. The quantitative estimate of drug-likeness (QED) is 0.831. The van der Waals surface area contributed by atoms with E-state index in [4.69, 9.17) is 4.42 Å². The Balaban J connectivity index is 1.43. The Hall–Kier alpha value is -2.37. The summed E-state index contributed by atoms with van der Waals surface area (Å²) >= 11 is 0. The van der Waals surface area contributed by atoms with Gasteiger partial charge >= 0.3 is 0 Å². The zero-order chi connectivity index (χ0) is 14.2. The molecule has 0 bridgehead atoms. The van der Waals surface area contributed by atoms with Crippen LogP contribution in [-0.4, -0.2) is 47.0 Å². The summed E-state index contributed by atoms with van der Waals surface area (Å²) in [4.78, 5) is 25.0. The predicted molar refractivity (Wildman–Crippen MR) is 75.8 cm³/mol. The molecular formula is C15H16N4O2. The van der Waals surface area contributed by atoms with Gasteiger partial charge in [-0.1, -0.05) is 0 Å². The van der Waals surface area contributed by atoms with Gasteiger partial charge in [-0.2, -0.15) is 0 Å². The van der Waals surface area contributed by atoms with E-state index in [1.165, 1.54) is 0 Å². The van der Waals surface area contributed by atoms with Gasteiger partial charge < -0.3 is 14.2 Å². The fourth-order valence-corrected chi connectivity index (χ4v) is 3.33. The Bertz CT molecular complexity index is 614. The lowest BCUT2D eigenvalue weighted by Crippen LogP contribution is -2.33. The third-order valence-electron chi connectivity index (χ3n) is 4.34. The van der Waals surface area contributed by atoms with Gasteiger partial charge in [0.05, 0.1) is 6.26 Å². The van der Waals surface area contributed by atoms with E-state index in [0.717, 1.165) is 32.1 Å².